The topological polar surface area (TPSA) is 139 Å². The average Bonchev–Trinajstić information content (AvgIpc) is 3.08. The maximum absolute atomic E-state index is 14.9. The van der Waals surface area contributed by atoms with Crippen LogP contribution in [-0.4, -0.2) is 51.4 Å². The van der Waals surface area contributed by atoms with E-state index in [1.165, 1.54) is 19.1 Å². The minimum Gasteiger partial charge on any atom is -0.479 e. The van der Waals surface area contributed by atoms with E-state index in [0.717, 1.165) is 0 Å². The molecule has 2 aliphatic carbocycles. The van der Waals surface area contributed by atoms with E-state index in [9.17, 15) is 29.0 Å². The van der Waals surface area contributed by atoms with Gasteiger partial charge in [-0.2, -0.15) is 0 Å². The number of benzene rings is 1. The Bertz CT molecular complexity index is 887. The Labute approximate surface area is 187 Å². The summed E-state index contributed by atoms with van der Waals surface area (Å²) in [6, 6.07) is 3.59. The fraction of sp³-hybridized carbons (Fsp3) is 0.500. The maximum atomic E-state index is 14.9. The van der Waals surface area contributed by atoms with Gasteiger partial charge in [0.1, 0.15) is 0 Å². The van der Waals surface area contributed by atoms with Gasteiger partial charge in [-0.15, -0.1) is 12.4 Å². The number of carbonyl (C=O) groups excluding carboxylic acids is 1. The minimum absolute atomic E-state index is 0. The number of nitrogens with one attached hydrogen (secondary N) is 1. The van der Waals surface area contributed by atoms with E-state index in [4.69, 9.17) is 33.7 Å². The van der Waals surface area contributed by atoms with E-state index < -0.39 is 53.0 Å². The number of hydrogen-bond donors (Lipinski definition) is 4. The fourth-order valence-corrected chi connectivity index (χ4v) is 4.44. The quantitative estimate of drug-likeness (QED) is 0.463. The first-order valence-corrected chi connectivity index (χ1v) is 9.50. The fourth-order valence-electron chi connectivity index (χ4n) is 4.12. The lowest BCUT2D eigenvalue weighted by molar-refractivity contribution is -0.162. The Balaban J connectivity index is 0.00000320. The smallest absolute Gasteiger partial charge is 0.342 e. The van der Waals surface area contributed by atoms with Crippen LogP contribution in [0.3, 0.4) is 0 Å². The molecular formula is C18H20Cl3FN2O6. The zero-order chi connectivity index (χ0) is 21.7. The SMILES string of the molecule is C[C@H](N)C(=O)N[C@@]1(C(=O)O)[C@H](OCc2ccc(Cl)c(Cl)c2)C[C@@H]2[C@H]1[C@@]2(F)C(=O)O.Cl. The van der Waals surface area contributed by atoms with Gasteiger partial charge in [0.05, 0.1) is 28.8 Å². The molecule has 5 N–H and O–H groups in total. The molecule has 8 nitrogen and oxygen atoms in total. The molecule has 12 heteroatoms. The molecule has 2 saturated carbocycles. The van der Waals surface area contributed by atoms with Crippen LogP contribution in [0.4, 0.5) is 4.39 Å². The second kappa shape index (κ2) is 8.47. The van der Waals surface area contributed by atoms with E-state index in [2.05, 4.69) is 5.32 Å². The average molecular weight is 486 g/mol. The molecule has 6 atom stereocenters. The second-order valence-corrected chi connectivity index (χ2v) is 8.21. The van der Waals surface area contributed by atoms with Gasteiger partial charge >= 0.3 is 11.9 Å². The standard InChI is InChI=1S/C18H19Cl2FN2O6.ClH/c1-7(22)14(24)23-18(16(27)28)12(5-9-13(18)17(9,21)15(25)26)29-6-8-2-3-10(19)11(20)4-8;/h2-4,7,9,12-13H,5-6,22H2,1H3,(H,23,24)(H,25,26)(H,27,28);1H/t7-,9+,12+,13-,17+,18-;/m0./s1. The zero-order valence-corrected chi connectivity index (χ0v) is 17.9. The normalized spacial score (nSPS) is 32.5. The maximum Gasteiger partial charge on any atom is 0.342 e. The molecule has 0 aromatic heterocycles. The molecular weight excluding hydrogens is 466 g/mol. The largest absolute Gasteiger partial charge is 0.479 e. The lowest BCUT2D eigenvalue weighted by atomic mass is 9.86. The van der Waals surface area contributed by atoms with Crippen molar-refractivity contribution in [2.45, 2.75) is 43.3 Å². The number of carbonyl (C=O) groups is 3. The minimum atomic E-state index is -2.76. The van der Waals surface area contributed by atoms with Crippen LogP contribution in [-0.2, 0) is 25.7 Å². The van der Waals surface area contributed by atoms with Gasteiger partial charge < -0.3 is 26.0 Å². The number of hydrogen-bond acceptors (Lipinski definition) is 5. The number of fused-ring (bicyclic) bond motifs is 1. The summed E-state index contributed by atoms with van der Waals surface area (Å²) in [7, 11) is 0. The van der Waals surface area contributed by atoms with E-state index in [1.54, 1.807) is 6.07 Å². The van der Waals surface area contributed by atoms with E-state index in [-0.39, 0.29) is 30.5 Å². The molecule has 1 aromatic carbocycles. The van der Waals surface area contributed by atoms with Crippen LogP contribution in [0.1, 0.15) is 18.9 Å². The molecule has 166 valence electrons. The van der Waals surface area contributed by atoms with Crippen molar-refractivity contribution in [1.29, 1.82) is 0 Å². The number of carboxylic acids is 2. The Kier molecular flexibility index (Phi) is 6.95. The third kappa shape index (κ3) is 3.73. The molecule has 0 radical (unpaired) electrons. The van der Waals surface area contributed by atoms with Crippen molar-refractivity contribution in [3.8, 4) is 0 Å². The molecule has 0 bridgehead atoms. The highest BCUT2D eigenvalue weighted by molar-refractivity contribution is 6.42. The molecule has 0 saturated heterocycles. The van der Waals surface area contributed by atoms with Gasteiger partial charge in [0.25, 0.3) is 0 Å². The van der Waals surface area contributed by atoms with Crippen molar-refractivity contribution in [2.24, 2.45) is 17.6 Å². The summed E-state index contributed by atoms with van der Waals surface area (Å²) in [5, 5.41) is 22.0. The van der Waals surface area contributed by atoms with Crippen LogP contribution >= 0.6 is 35.6 Å². The summed E-state index contributed by atoms with van der Waals surface area (Å²) in [5.74, 6) is -6.79. The van der Waals surface area contributed by atoms with Crippen molar-refractivity contribution in [1.82, 2.24) is 5.32 Å². The summed E-state index contributed by atoms with van der Waals surface area (Å²) in [4.78, 5) is 35.8. The molecule has 2 fully saturated rings. The summed E-state index contributed by atoms with van der Waals surface area (Å²) in [5.41, 5.74) is 1.07. The molecule has 1 amide bonds. The molecule has 30 heavy (non-hydrogen) atoms. The van der Waals surface area contributed by atoms with Crippen molar-refractivity contribution in [3.05, 3.63) is 33.8 Å². The van der Waals surface area contributed by atoms with E-state index in [0.29, 0.717) is 10.6 Å². The molecule has 1 aromatic rings. The Morgan fingerprint density at radius 3 is 2.43 bits per heavy atom. The highest BCUT2D eigenvalue weighted by Crippen LogP contribution is 2.68. The van der Waals surface area contributed by atoms with Gasteiger partial charge in [-0.3, -0.25) is 4.79 Å². The van der Waals surface area contributed by atoms with Crippen molar-refractivity contribution in [2.75, 3.05) is 0 Å². The Morgan fingerprint density at radius 1 is 1.30 bits per heavy atom. The number of ether oxygens (including phenoxy) is 1. The van der Waals surface area contributed by atoms with Crippen molar-refractivity contribution in [3.63, 3.8) is 0 Å². The first-order valence-electron chi connectivity index (χ1n) is 8.75. The van der Waals surface area contributed by atoms with Crippen LogP contribution in [0.2, 0.25) is 10.0 Å². The van der Waals surface area contributed by atoms with Gasteiger partial charge in [-0.05, 0) is 31.0 Å². The molecule has 0 aliphatic heterocycles. The van der Waals surface area contributed by atoms with Gasteiger partial charge in [-0.25, -0.2) is 14.0 Å². The first kappa shape index (κ1) is 24.6. The van der Waals surface area contributed by atoms with Crippen LogP contribution < -0.4 is 11.1 Å². The third-order valence-corrected chi connectivity index (χ3v) is 6.35. The van der Waals surface area contributed by atoms with Crippen LogP contribution in [0, 0.1) is 11.8 Å². The molecule has 2 aliphatic rings. The van der Waals surface area contributed by atoms with Crippen LogP contribution in [0.5, 0.6) is 0 Å². The predicted octanol–water partition coefficient (Wildman–Crippen LogP) is 2.03. The van der Waals surface area contributed by atoms with Gasteiger partial charge in [-0.1, -0.05) is 29.3 Å². The Morgan fingerprint density at radius 2 is 1.93 bits per heavy atom. The predicted molar refractivity (Wildman–Crippen MR) is 108 cm³/mol. The van der Waals surface area contributed by atoms with Crippen molar-refractivity contribution >= 4 is 53.5 Å². The molecule has 0 heterocycles. The van der Waals surface area contributed by atoms with E-state index in [1.807, 2.05) is 0 Å². The van der Waals surface area contributed by atoms with Gasteiger partial charge in [0.2, 0.25) is 11.6 Å². The van der Waals surface area contributed by atoms with Gasteiger partial charge in [0.15, 0.2) is 5.54 Å². The second-order valence-electron chi connectivity index (χ2n) is 7.39. The number of carboxylic acid groups (broad SMARTS) is 2. The van der Waals surface area contributed by atoms with Crippen LogP contribution in [0.15, 0.2) is 18.2 Å². The lowest BCUT2D eigenvalue weighted by Gasteiger charge is -2.36. The Hall–Kier alpha value is -1.65. The first-order chi connectivity index (χ1) is 13.5. The number of amides is 1. The third-order valence-electron chi connectivity index (χ3n) is 5.61. The van der Waals surface area contributed by atoms with Crippen molar-refractivity contribution < 1.29 is 33.7 Å². The monoisotopic (exact) mass is 484 g/mol. The number of nitrogens with two attached hydrogens (primary N) is 1. The lowest BCUT2D eigenvalue weighted by Crippen LogP contribution is -2.66. The molecule has 0 unspecified atom stereocenters. The number of halogens is 4. The number of alkyl halides is 1. The summed E-state index contributed by atoms with van der Waals surface area (Å²) >= 11 is 11.8. The van der Waals surface area contributed by atoms with Gasteiger partial charge in [0, 0.05) is 11.8 Å². The summed E-state index contributed by atoms with van der Waals surface area (Å²) < 4.78 is 20.7. The summed E-state index contributed by atoms with van der Waals surface area (Å²) in [6.07, 6.45) is -1.37. The zero-order valence-electron chi connectivity index (χ0n) is 15.6. The molecule has 0 spiro atoms. The highest BCUT2D eigenvalue weighted by Gasteiger charge is 2.86. The summed E-state index contributed by atoms with van der Waals surface area (Å²) in [6.45, 7) is 1.23. The highest BCUT2D eigenvalue weighted by atomic mass is 35.5. The number of rotatable bonds is 7. The molecule has 3 rings (SSSR count). The number of aliphatic carboxylic acids is 2. The van der Waals surface area contributed by atoms with E-state index >= 15 is 0 Å². The van der Waals surface area contributed by atoms with Crippen LogP contribution in [0.25, 0.3) is 0 Å².